The molecule has 0 amide bonds. The molecule has 1 aromatic heterocycles. The number of rotatable bonds is 4. The predicted octanol–water partition coefficient (Wildman–Crippen LogP) is 3.39. The summed E-state index contributed by atoms with van der Waals surface area (Å²) in [4.78, 5) is 4.83. The SMILES string of the molecule is CNC(Cc1nc2ccccc2n1C)C1C(C)(C)C1(C)C. The van der Waals surface area contributed by atoms with Crippen LogP contribution in [0.2, 0.25) is 0 Å². The molecule has 3 nitrogen and oxygen atoms in total. The van der Waals surface area contributed by atoms with Crippen LogP contribution < -0.4 is 5.32 Å². The number of hydrogen-bond acceptors (Lipinski definition) is 2. The average molecular weight is 285 g/mol. The summed E-state index contributed by atoms with van der Waals surface area (Å²) < 4.78 is 2.24. The van der Waals surface area contributed by atoms with Crippen molar-refractivity contribution >= 4 is 11.0 Å². The highest BCUT2D eigenvalue weighted by Gasteiger charge is 2.66. The summed E-state index contributed by atoms with van der Waals surface area (Å²) in [5.74, 6) is 1.86. The van der Waals surface area contributed by atoms with Crippen molar-refractivity contribution in [3.63, 3.8) is 0 Å². The molecule has 1 aliphatic carbocycles. The molecule has 1 fully saturated rings. The molecule has 2 aromatic rings. The van der Waals surface area contributed by atoms with Gasteiger partial charge in [0, 0.05) is 19.5 Å². The van der Waals surface area contributed by atoms with E-state index in [0.29, 0.717) is 22.8 Å². The van der Waals surface area contributed by atoms with Crippen molar-refractivity contribution in [3.8, 4) is 0 Å². The zero-order chi connectivity index (χ0) is 15.4. The van der Waals surface area contributed by atoms with E-state index >= 15 is 0 Å². The number of hydrogen-bond donors (Lipinski definition) is 1. The van der Waals surface area contributed by atoms with E-state index in [1.54, 1.807) is 0 Å². The summed E-state index contributed by atoms with van der Waals surface area (Å²) in [6.45, 7) is 9.54. The summed E-state index contributed by atoms with van der Waals surface area (Å²) >= 11 is 0. The van der Waals surface area contributed by atoms with Crippen LogP contribution in [0.1, 0.15) is 33.5 Å². The standard InChI is InChI=1S/C18H27N3/c1-17(2)16(18(17,3)4)13(19-5)11-15-20-12-9-7-8-10-14(12)21(15)6/h7-10,13,16,19H,11H2,1-6H3. The molecule has 114 valence electrons. The molecule has 1 aliphatic rings. The van der Waals surface area contributed by atoms with Gasteiger partial charge in [0.15, 0.2) is 0 Å². The first kappa shape index (κ1) is 14.6. The Kier molecular flexibility index (Phi) is 3.17. The molecule has 0 aliphatic heterocycles. The topological polar surface area (TPSA) is 29.9 Å². The van der Waals surface area contributed by atoms with E-state index in [1.165, 1.54) is 11.3 Å². The molecular weight excluding hydrogens is 258 g/mol. The minimum Gasteiger partial charge on any atom is -0.331 e. The van der Waals surface area contributed by atoms with Crippen molar-refractivity contribution in [1.82, 2.24) is 14.9 Å². The number of imidazole rings is 1. The number of likely N-dealkylation sites (N-methyl/N-ethyl adjacent to an activating group) is 1. The van der Waals surface area contributed by atoms with Gasteiger partial charge in [-0.25, -0.2) is 4.98 Å². The molecule has 3 heteroatoms. The van der Waals surface area contributed by atoms with Gasteiger partial charge in [-0.15, -0.1) is 0 Å². The van der Waals surface area contributed by atoms with Gasteiger partial charge in [0.2, 0.25) is 0 Å². The predicted molar refractivity (Wildman–Crippen MR) is 88.3 cm³/mol. The van der Waals surface area contributed by atoms with E-state index in [0.717, 1.165) is 11.9 Å². The molecule has 1 aromatic carbocycles. The number of aromatic nitrogens is 2. The van der Waals surface area contributed by atoms with Crippen LogP contribution in [0, 0.1) is 16.7 Å². The fourth-order valence-electron chi connectivity index (χ4n) is 4.21. The Morgan fingerprint density at radius 1 is 1.19 bits per heavy atom. The van der Waals surface area contributed by atoms with Crippen molar-refractivity contribution in [1.29, 1.82) is 0 Å². The first-order valence-electron chi connectivity index (χ1n) is 7.88. The second-order valence-electron chi connectivity index (χ2n) is 7.60. The molecular formula is C18H27N3. The van der Waals surface area contributed by atoms with E-state index in [1.807, 2.05) is 0 Å². The van der Waals surface area contributed by atoms with Crippen molar-refractivity contribution in [2.45, 2.75) is 40.2 Å². The van der Waals surface area contributed by atoms with Crippen LogP contribution in [0.25, 0.3) is 11.0 Å². The van der Waals surface area contributed by atoms with E-state index in [4.69, 9.17) is 4.98 Å². The van der Waals surface area contributed by atoms with Gasteiger partial charge in [0.25, 0.3) is 0 Å². The molecule has 1 heterocycles. The first-order valence-corrected chi connectivity index (χ1v) is 7.88. The maximum Gasteiger partial charge on any atom is 0.111 e. The molecule has 1 unspecified atom stereocenters. The lowest BCUT2D eigenvalue weighted by atomic mass is 10.0. The Morgan fingerprint density at radius 2 is 1.81 bits per heavy atom. The molecule has 1 atom stereocenters. The van der Waals surface area contributed by atoms with Gasteiger partial charge in [-0.2, -0.15) is 0 Å². The Hall–Kier alpha value is -1.35. The third-order valence-corrected chi connectivity index (χ3v) is 6.19. The van der Waals surface area contributed by atoms with Crippen LogP contribution in [0.5, 0.6) is 0 Å². The number of para-hydroxylation sites is 2. The molecule has 1 N–H and O–H groups in total. The molecule has 1 saturated carbocycles. The smallest absolute Gasteiger partial charge is 0.111 e. The molecule has 0 radical (unpaired) electrons. The molecule has 21 heavy (non-hydrogen) atoms. The Morgan fingerprint density at radius 3 is 2.33 bits per heavy atom. The largest absolute Gasteiger partial charge is 0.331 e. The number of nitrogens with one attached hydrogen (secondary N) is 1. The highest BCUT2D eigenvalue weighted by atomic mass is 15.1. The quantitative estimate of drug-likeness (QED) is 0.933. The van der Waals surface area contributed by atoms with E-state index in [2.05, 4.69) is 75.9 Å². The summed E-state index contributed by atoms with van der Waals surface area (Å²) in [5.41, 5.74) is 3.10. The summed E-state index contributed by atoms with van der Waals surface area (Å²) in [7, 11) is 4.21. The Bertz CT molecular complexity index is 652. The normalized spacial score (nSPS) is 21.6. The molecule has 0 spiro atoms. The lowest BCUT2D eigenvalue weighted by Gasteiger charge is -2.18. The zero-order valence-electron chi connectivity index (χ0n) is 14.1. The van der Waals surface area contributed by atoms with Crippen LogP contribution in [-0.2, 0) is 13.5 Å². The van der Waals surface area contributed by atoms with E-state index in [9.17, 15) is 0 Å². The minimum atomic E-state index is 0.394. The van der Waals surface area contributed by atoms with Gasteiger partial charge in [-0.1, -0.05) is 39.8 Å². The minimum absolute atomic E-state index is 0.394. The fraction of sp³-hybridized carbons (Fsp3) is 0.611. The number of aryl methyl sites for hydroxylation is 1. The van der Waals surface area contributed by atoms with Crippen LogP contribution >= 0.6 is 0 Å². The number of benzene rings is 1. The first-order chi connectivity index (χ1) is 9.80. The van der Waals surface area contributed by atoms with Gasteiger partial charge in [0.05, 0.1) is 11.0 Å². The highest BCUT2D eigenvalue weighted by Crippen LogP contribution is 2.69. The van der Waals surface area contributed by atoms with Crippen LogP contribution in [0.4, 0.5) is 0 Å². The van der Waals surface area contributed by atoms with Gasteiger partial charge in [0.1, 0.15) is 5.82 Å². The highest BCUT2D eigenvalue weighted by molar-refractivity contribution is 5.75. The van der Waals surface area contributed by atoms with Gasteiger partial charge in [-0.05, 0) is 35.9 Å². The van der Waals surface area contributed by atoms with Crippen LogP contribution in [-0.4, -0.2) is 22.6 Å². The summed E-state index contributed by atoms with van der Waals surface area (Å²) in [5, 5.41) is 3.54. The van der Waals surface area contributed by atoms with Crippen molar-refractivity contribution in [3.05, 3.63) is 30.1 Å². The zero-order valence-corrected chi connectivity index (χ0v) is 14.1. The third kappa shape index (κ3) is 2.02. The summed E-state index contributed by atoms with van der Waals surface area (Å²) in [6, 6.07) is 8.85. The van der Waals surface area contributed by atoms with Gasteiger partial charge in [-0.3, -0.25) is 0 Å². The number of fused-ring (bicyclic) bond motifs is 1. The van der Waals surface area contributed by atoms with E-state index in [-0.39, 0.29) is 0 Å². The number of nitrogens with zero attached hydrogens (tertiary/aromatic N) is 2. The van der Waals surface area contributed by atoms with Crippen LogP contribution in [0.3, 0.4) is 0 Å². The molecule has 0 bridgehead atoms. The lowest BCUT2D eigenvalue weighted by molar-refractivity contribution is 0.412. The van der Waals surface area contributed by atoms with Crippen molar-refractivity contribution < 1.29 is 0 Å². The maximum absolute atomic E-state index is 4.83. The maximum atomic E-state index is 4.83. The summed E-state index contributed by atoms with van der Waals surface area (Å²) in [6.07, 6.45) is 0.985. The Balaban J connectivity index is 1.89. The van der Waals surface area contributed by atoms with E-state index < -0.39 is 0 Å². The molecule has 3 rings (SSSR count). The van der Waals surface area contributed by atoms with Crippen molar-refractivity contribution in [2.75, 3.05) is 7.05 Å². The molecule has 0 saturated heterocycles. The Labute approximate surface area is 127 Å². The van der Waals surface area contributed by atoms with Crippen LogP contribution in [0.15, 0.2) is 24.3 Å². The lowest BCUT2D eigenvalue weighted by Crippen LogP contribution is -2.33. The third-order valence-electron chi connectivity index (χ3n) is 6.19. The second kappa shape index (κ2) is 4.57. The second-order valence-corrected chi connectivity index (χ2v) is 7.60. The fourth-order valence-corrected chi connectivity index (χ4v) is 4.21. The van der Waals surface area contributed by atoms with Gasteiger partial charge < -0.3 is 9.88 Å². The van der Waals surface area contributed by atoms with Crippen molar-refractivity contribution in [2.24, 2.45) is 23.8 Å². The average Bonchev–Trinajstić information content (AvgIpc) is 2.70. The van der Waals surface area contributed by atoms with Gasteiger partial charge >= 0.3 is 0 Å². The monoisotopic (exact) mass is 285 g/mol.